The van der Waals surface area contributed by atoms with Gasteiger partial charge in [0, 0.05) is 12.5 Å². The zero-order valence-electron chi connectivity index (χ0n) is 13.9. The summed E-state index contributed by atoms with van der Waals surface area (Å²) in [6.07, 6.45) is 0.986. The van der Waals surface area contributed by atoms with E-state index >= 15 is 0 Å². The molecule has 0 saturated heterocycles. The molecule has 128 valence electrons. The first-order valence-corrected chi connectivity index (χ1v) is 8.21. The van der Waals surface area contributed by atoms with Crippen molar-refractivity contribution < 1.29 is 19.0 Å². The quantitative estimate of drug-likeness (QED) is 0.770. The third kappa shape index (κ3) is 4.64. The predicted octanol–water partition coefficient (Wildman–Crippen LogP) is 4.05. The molecule has 0 saturated carbocycles. The van der Waals surface area contributed by atoms with E-state index in [1.807, 2.05) is 18.2 Å². The second-order valence-corrected chi connectivity index (χ2v) is 5.94. The molecule has 0 aliphatic carbocycles. The average Bonchev–Trinajstić information content (AvgIpc) is 2.60. The van der Waals surface area contributed by atoms with Gasteiger partial charge in [0.1, 0.15) is 17.2 Å². The summed E-state index contributed by atoms with van der Waals surface area (Å²) in [7, 11) is 4.76. The molecule has 0 unspecified atom stereocenters. The van der Waals surface area contributed by atoms with Crippen LogP contribution in [0.1, 0.15) is 12.0 Å². The van der Waals surface area contributed by atoms with Crippen molar-refractivity contribution in [3.63, 3.8) is 0 Å². The lowest BCUT2D eigenvalue weighted by Crippen LogP contribution is -2.13. The Kier molecular flexibility index (Phi) is 6.49. The summed E-state index contributed by atoms with van der Waals surface area (Å²) in [6, 6.07) is 11.1. The Labute approximate surface area is 150 Å². The van der Waals surface area contributed by atoms with Gasteiger partial charge in [0.15, 0.2) is 0 Å². The fourth-order valence-electron chi connectivity index (χ4n) is 2.25. The van der Waals surface area contributed by atoms with Crippen LogP contribution in [0.4, 0.5) is 5.69 Å². The summed E-state index contributed by atoms with van der Waals surface area (Å²) in [4.78, 5) is 12.2. The van der Waals surface area contributed by atoms with Gasteiger partial charge in [-0.05, 0) is 52.2 Å². The van der Waals surface area contributed by atoms with Crippen molar-refractivity contribution in [2.75, 3.05) is 26.6 Å². The van der Waals surface area contributed by atoms with Crippen LogP contribution in [0.15, 0.2) is 40.9 Å². The lowest BCUT2D eigenvalue weighted by atomic mass is 10.1. The van der Waals surface area contributed by atoms with Crippen LogP contribution in [0.25, 0.3) is 0 Å². The van der Waals surface area contributed by atoms with Crippen molar-refractivity contribution in [3.05, 3.63) is 46.4 Å². The number of halogens is 1. The number of hydrogen-bond acceptors (Lipinski definition) is 4. The maximum absolute atomic E-state index is 12.2. The van der Waals surface area contributed by atoms with Gasteiger partial charge in [-0.3, -0.25) is 4.79 Å². The SMILES string of the molecule is COc1ccc(OC)c(NC(=O)CCc2ccc(OC)c(Br)c2)c1. The number of ether oxygens (including phenoxy) is 3. The van der Waals surface area contributed by atoms with Crippen molar-refractivity contribution in [2.24, 2.45) is 0 Å². The van der Waals surface area contributed by atoms with Crippen molar-refractivity contribution in [1.29, 1.82) is 0 Å². The third-order valence-corrected chi connectivity index (χ3v) is 4.16. The highest BCUT2D eigenvalue weighted by Crippen LogP contribution is 2.29. The number of hydrogen-bond donors (Lipinski definition) is 1. The van der Waals surface area contributed by atoms with Crippen LogP contribution >= 0.6 is 15.9 Å². The van der Waals surface area contributed by atoms with Crippen LogP contribution in [0.2, 0.25) is 0 Å². The van der Waals surface area contributed by atoms with E-state index in [1.54, 1.807) is 39.5 Å². The minimum Gasteiger partial charge on any atom is -0.497 e. The molecule has 0 fully saturated rings. The molecule has 5 nitrogen and oxygen atoms in total. The van der Waals surface area contributed by atoms with Crippen LogP contribution in [-0.2, 0) is 11.2 Å². The Bertz CT molecular complexity index is 718. The van der Waals surface area contributed by atoms with Gasteiger partial charge >= 0.3 is 0 Å². The summed E-state index contributed by atoms with van der Waals surface area (Å²) in [6.45, 7) is 0. The second-order valence-electron chi connectivity index (χ2n) is 5.08. The van der Waals surface area contributed by atoms with Crippen molar-refractivity contribution in [3.8, 4) is 17.2 Å². The van der Waals surface area contributed by atoms with E-state index in [2.05, 4.69) is 21.2 Å². The molecule has 2 rings (SSSR count). The molecule has 0 aliphatic rings. The van der Waals surface area contributed by atoms with Crippen LogP contribution in [-0.4, -0.2) is 27.2 Å². The maximum atomic E-state index is 12.2. The Morgan fingerprint density at radius 1 is 1.00 bits per heavy atom. The van der Waals surface area contributed by atoms with Gasteiger partial charge in [-0.25, -0.2) is 0 Å². The maximum Gasteiger partial charge on any atom is 0.224 e. The summed E-state index contributed by atoms with van der Waals surface area (Å²) >= 11 is 3.45. The zero-order chi connectivity index (χ0) is 17.5. The molecule has 2 aromatic carbocycles. The van der Waals surface area contributed by atoms with Gasteiger partial charge in [-0.15, -0.1) is 0 Å². The highest BCUT2D eigenvalue weighted by molar-refractivity contribution is 9.10. The molecule has 0 atom stereocenters. The summed E-state index contributed by atoms with van der Waals surface area (Å²) < 4.78 is 16.5. The van der Waals surface area contributed by atoms with Crippen molar-refractivity contribution in [2.45, 2.75) is 12.8 Å². The van der Waals surface area contributed by atoms with E-state index in [0.717, 1.165) is 15.8 Å². The van der Waals surface area contributed by atoms with Crippen LogP contribution in [0, 0.1) is 0 Å². The fourth-order valence-corrected chi connectivity index (χ4v) is 2.84. The number of rotatable bonds is 7. The predicted molar refractivity (Wildman–Crippen MR) is 97.2 cm³/mol. The largest absolute Gasteiger partial charge is 0.497 e. The highest BCUT2D eigenvalue weighted by atomic mass is 79.9. The first-order valence-electron chi connectivity index (χ1n) is 7.41. The molecule has 1 amide bonds. The Hall–Kier alpha value is -2.21. The van der Waals surface area contributed by atoms with Gasteiger partial charge < -0.3 is 19.5 Å². The standard InChI is InChI=1S/C18H20BrNO4/c1-22-13-6-8-17(24-3)15(11-13)20-18(21)9-5-12-4-7-16(23-2)14(19)10-12/h4,6-8,10-11H,5,9H2,1-3H3,(H,20,21). The lowest BCUT2D eigenvalue weighted by Gasteiger charge is -2.12. The molecule has 0 heterocycles. The molecule has 0 bridgehead atoms. The number of nitrogens with one attached hydrogen (secondary N) is 1. The Morgan fingerprint density at radius 2 is 1.71 bits per heavy atom. The summed E-state index contributed by atoms with van der Waals surface area (Å²) in [5.41, 5.74) is 1.65. The van der Waals surface area contributed by atoms with E-state index in [4.69, 9.17) is 14.2 Å². The average molecular weight is 394 g/mol. The molecular weight excluding hydrogens is 374 g/mol. The number of carbonyl (C=O) groups excluding carboxylic acids is 1. The third-order valence-electron chi connectivity index (χ3n) is 3.54. The van der Waals surface area contributed by atoms with Crippen molar-refractivity contribution >= 4 is 27.5 Å². The topological polar surface area (TPSA) is 56.8 Å². The molecule has 2 aromatic rings. The lowest BCUT2D eigenvalue weighted by molar-refractivity contribution is -0.116. The van der Waals surface area contributed by atoms with Crippen LogP contribution in [0.3, 0.4) is 0 Å². The first-order chi connectivity index (χ1) is 11.6. The van der Waals surface area contributed by atoms with Gasteiger partial charge in [0.2, 0.25) is 5.91 Å². The number of methoxy groups -OCH3 is 3. The summed E-state index contributed by atoms with van der Waals surface area (Å²) in [5, 5.41) is 2.86. The summed E-state index contributed by atoms with van der Waals surface area (Å²) in [5.74, 6) is 1.93. The van der Waals surface area contributed by atoms with E-state index in [-0.39, 0.29) is 5.91 Å². The molecule has 0 radical (unpaired) electrons. The van der Waals surface area contributed by atoms with Gasteiger partial charge in [-0.2, -0.15) is 0 Å². The molecule has 6 heteroatoms. The number of aryl methyl sites for hydroxylation is 1. The number of anilines is 1. The normalized spacial score (nSPS) is 10.2. The van der Waals surface area contributed by atoms with E-state index in [9.17, 15) is 4.79 Å². The molecule has 0 spiro atoms. The first kappa shape index (κ1) is 18.1. The number of carbonyl (C=O) groups is 1. The number of amides is 1. The van der Waals surface area contributed by atoms with E-state index < -0.39 is 0 Å². The number of benzene rings is 2. The van der Waals surface area contributed by atoms with E-state index in [1.165, 1.54) is 0 Å². The Balaban J connectivity index is 1.99. The second kappa shape index (κ2) is 8.59. The molecule has 0 aliphatic heterocycles. The fraction of sp³-hybridized carbons (Fsp3) is 0.278. The minimum absolute atomic E-state index is 0.0894. The molecule has 1 N–H and O–H groups in total. The zero-order valence-corrected chi connectivity index (χ0v) is 15.5. The van der Waals surface area contributed by atoms with E-state index in [0.29, 0.717) is 30.0 Å². The Morgan fingerprint density at radius 3 is 2.33 bits per heavy atom. The molecular formula is C18H20BrNO4. The molecule has 0 aromatic heterocycles. The van der Waals surface area contributed by atoms with Gasteiger partial charge in [-0.1, -0.05) is 6.07 Å². The monoisotopic (exact) mass is 393 g/mol. The van der Waals surface area contributed by atoms with Crippen LogP contribution in [0.5, 0.6) is 17.2 Å². The van der Waals surface area contributed by atoms with Crippen molar-refractivity contribution in [1.82, 2.24) is 0 Å². The van der Waals surface area contributed by atoms with Crippen LogP contribution < -0.4 is 19.5 Å². The minimum atomic E-state index is -0.0894. The van der Waals surface area contributed by atoms with Gasteiger partial charge in [0.05, 0.1) is 31.5 Å². The molecule has 24 heavy (non-hydrogen) atoms. The van der Waals surface area contributed by atoms with Gasteiger partial charge in [0.25, 0.3) is 0 Å². The smallest absolute Gasteiger partial charge is 0.224 e. The highest BCUT2D eigenvalue weighted by Gasteiger charge is 2.10.